The van der Waals surface area contributed by atoms with Crippen LogP contribution in [0.25, 0.3) is 0 Å². The Labute approximate surface area is 115 Å². The van der Waals surface area contributed by atoms with Gasteiger partial charge in [0.15, 0.2) is 6.61 Å². The van der Waals surface area contributed by atoms with Crippen LogP contribution in [0, 0.1) is 0 Å². The number of hydrogen-bond acceptors (Lipinski definition) is 3. The number of hydrogen-bond donors (Lipinski definition) is 2. The molecule has 4 nitrogen and oxygen atoms in total. The number of carbonyl (C=O) groups is 1. The number of ether oxygens (including phenoxy) is 1. The summed E-state index contributed by atoms with van der Waals surface area (Å²) in [5.41, 5.74) is 6.68. The molecule has 20 heavy (non-hydrogen) atoms. The average Bonchev–Trinajstić information content (AvgIpc) is 2.34. The van der Waals surface area contributed by atoms with Crippen LogP contribution in [-0.2, 0) is 11.2 Å². The van der Waals surface area contributed by atoms with E-state index in [-0.39, 0.29) is 6.04 Å². The van der Waals surface area contributed by atoms with E-state index in [4.69, 9.17) is 10.5 Å². The Morgan fingerprint density at radius 2 is 1.95 bits per heavy atom. The Bertz CT molecular complexity index is 430. The minimum atomic E-state index is -4.42. The number of alkyl halides is 3. The van der Waals surface area contributed by atoms with Crippen molar-refractivity contribution in [3.05, 3.63) is 29.8 Å². The van der Waals surface area contributed by atoms with Gasteiger partial charge in [0, 0.05) is 6.04 Å². The van der Waals surface area contributed by atoms with E-state index in [1.165, 1.54) is 0 Å². The second-order valence-corrected chi connectivity index (χ2v) is 4.51. The van der Waals surface area contributed by atoms with Crippen molar-refractivity contribution < 1.29 is 22.7 Å². The molecule has 0 saturated heterocycles. The van der Waals surface area contributed by atoms with Crippen molar-refractivity contribution in [3.63, 3.8) is 0 Å². The molecule has 112 valence electrons. The third kappa shape index (κ3) is 6.98. The first kappa shape index (κ1) is 16.3. The fourth-order valence-electron chi connectivity index (χ4n) is 1.49. The first-order valence-corrected chi connectivity index (χ1v) is 6.07. The summed E-state index contributed by atoms with van der Waals surface area (Å²) in [5, 5.41) is 1.72. The lowest BCUT2D eigenvalue weighted by molar-refractivity contribution is -0.139. The van der Waals surface area contributed by atoms with Crippen molar-refractivity contribution in [2.45, 2.75) is 25.6 Å². The van der Waals surface area contributed by atoms with Crippen LogP contribution in [0.5, 0.6) is 5.75 Å². The lowest BCUT2D eigenvalue weighted by Crippen LogP contribution is -2.36. The number of carbonyl (C=O) groups excluding carboxylic acids is 1. The van der Waals surface area contributed by atoms with Crippen molar-refractivity contribution in [1.82, 2.24) is 5.32 Å². The summed E-state index contributed by atoms with van der Waals surface area (Å²) in [6, 6.07) is 6.93. The highest BCUT2D eigenvalue weighted by atomic mass is 19.4. The molecule has 0 saturated carbocycles. The second kappa shape index (κ2) is 7.14. The number of benzene rings is 1. The molecule has 0 aromatic heterocycles. The van der Waals surface area contributed by atoms with Crippen LogP contribution in [-0.4, -0.2) is 31.3 Å². The molecule has 0 aliphatic carbocycles. The third-order valence-electron chi connectivity index (χ3n) is 2.34. The standard InChI is InChI=1S/C13H17F3N2O2/c1-9(17)6-10-2-4-11(5-3-10)20-7-12(19)18-8-13(14,15)16/h2-5,9H,6-8,17H2,1H3,(H,18,19). The van der Waals surface area contributed by atoms with Gasteiger partial charge in [-0.25, -0.2) is 0 Å². The van der Waals surface area contributed by atoms with E-state index >= 15 is 0 Å². The number of amides is 1. The molecule has 1 atom stereocenters. The van der Waals surface area contributed by atoms with Gasteiger partial charge in [-0.2, -0.15) is 13.2 Å². The van der Waals surface area contributed by atoms with E-state index in [0.717, 1.165) is 5.56 Å². The van der Waals surface area contributed by atoms with Crippen LogP contribution in [0.15, 0.2) is 24.3 Å². The van der Waals surface area contributed by atoms with Gasteiger partial charge >= 0.3 is 6.18 Å². The van der Waals surface area contributed by atoms with Crippen LogP contribution < -0.4 is 15.8 Å². The van der Waals surface area contributed by atoms with Crippen molar-refractivity contribution >= 4 is 5.91 Å². The highest BCUT2D eigenvalue weighted by Gasteiger charge is 2.27. The van der Waals surface area contributed by atoms with E-state index in [9.17, 15) is 18.0 Å². The Balaban J connectivity index is 2.36. The molecule has 0 fully saturated rings. The topological polar surface area (TPSA) is 64.3 Å². The fraction of sp³-hybridized carbons (Fsp3) is 0.462. The summed E-state index contributed by atoms with van der Waals surface area (Å²) in [6.45, 7) is 0.0701. The number of nitrogens with one attached hydrogen (secondary N) is 1. The molecule has 0 aliphatic heterocycles. The average molecular weight is 290 g/mol. The van der Waals surface area contributed by atoms with Gasteiger partial charge in [-0.15, -0.1) is 0 Å². The maximum absolute atomic E-state index is 11.9. The second-order valence-electron chi connectivity index (χ2n) is 4.51. The molecule has 1 aromatic carbocycles. The predicted molar refractivity (Wildman–Crippen MR) is 68.4 cm³/mol. The number of nitrogens with two attached hydrogens (primary N) is 1. The van der Waals surface area contributed by atoms with Crippen LogP contribution in [0.4, 0.5) is 13.2 Å². The summed E-state index contributed by atoms with van der Waals surface area (Å²) in [6.07, 6.45) is -3.71. The Morgan fingerprint density at radius 1 is 1.35 bits per heavy atom. The van der Waals surface area contributed by atoms with Gasteiger partial charge in [0.1, 0.15) is 12.3 Å². The zero-order valence-corrected chi connectivity index (χ0v) is 11.0. The molecule has 3 N–H and O–H groups in total. The zero-order chi connectivity index (χ0) is 15.2. The molecular formula is C13H17F3N2O2. The van der Waals surface area contributed by atoms with Crippen LogP contribution in [0.2, 0.25) is 0 Å². The van der Waals surface area contributed by atoms with E-state index < -0.39 is 25.2 Å². The summed E-state index contributed by atoms with van der Waals surface area (Å²) in [7, 11) is 0. The van der Waals surface area contributed by atoms with E-state index in [1.807, 2.05) is 6.92 Å². The van der Waals surface area contributed by atoms with Crippen LogP contribution >= 0.6 is 0 Å². The van der Waals surface area contributed by atoms with Crippen LogP contribution in [0.1, 0.15) is 12.5 Å². The zero-order valence-electron chi connectivity index (χ0n) is 11.0. The Kier molecular flexibility index (Phi) is 5.82. The molecular weight excluding hydrogens is 273 g/mol. The molecule has 0 radical (unpaired) electrons. The summed E-state index contributed by atoms with van der Waals surface area (Å²) >= 11 is 0. The summed E-state index contributed by atoms with van der Waals surface area (Å²) in [5.74, 6) is -0.400. The number of halogens is 3. The normalized spacial score (nSPS) is 12.8. The molecule has 1 amide bonds. The highest BCUT2D eigenvalue weighted by molar-refractivity contribution is 5.77. The lowest BCUT2D eigenvalue weighted by Gasteiger charge is -2.10. The highest BCUT2D eigenvalue weighted by Crippen LogP contribution is 2.14. The van der Waals surface area contributed by atoms with Crippen molar-refractivity contribution in [2.75, 3.05) is 13.2 Å². The molecule has 1 aromatic rings. The van der Waals surface area contributed by atoms with Gasteiger partial charge in [0.25, 0.3) is 5.91 Å². The first-order chi connectivity index (χ1) is 9.26. The van der Waals surface area contributed by atoms with Gasteiger partial charge in [0.2, 0.25) is 0 Å². The Hall–Kier alpha value is -1.76. The van der Waals surface area contributed by atoms with Gasteiger partial charge < -0.3 is 15.8 Å². The SMILES string of the molecule is CC(N)Cc1ccc(OCC(=O)NCC(F)(F)F)cc1. The molecule has 1 rings (SSSR count). The minimum absolute atomic E-state index is 0.0370. The molecule has 0 bridgehead atoms. The van der Waals surface area contributed by atoms with Crippen molar-refractivity contribution in [3.8, 4) is 5.75 Å². The van der Waals surface area contributed by atoms with Crippen LogP contribution in [0.3, 0.4) is 0 Å². The van der Waals surface area contributed by atoms with Gasteiger partial charge in [-0.05, 0) is 31.0 Å². The summed E-state index contributed by atoms with van der Waals surface area (Å²) in [4.78, 5) is 11.1. The van der Waals surface area contributed by atoms with E-state index in [1.54, 1.807) is 29.6 Å². The first-order valence-electron chi connectivity index (χ1n) is 6.07. The monoisotopic (exact) mass is 290 g/mol. The van der Waals surface area contributed by atoms with E-state index in [2.05, 4.69) is 0 Å². The summed E-state index contributed by atoms with van der Waals surface area (Å²) < 4.78 is 40.7. The van der Waals surface area contributed by atoms with Crippen molar-refractivity contribution in [2.24, 2.45) is 5.73 Å². The fourth-order valence-corrected chi connectivity index (χ4v) is 1.49. The van der Waals surface area contributed by atoms with Gasteiger partial charge in [-0.3, -0.25) is 4.79 Å². The smallest absolute Gasteiger partial charge is 0.405 e. The maximum Gasteiger partial charge on any atom is 0.405 e. The predicted octanol–water partition coefficient (Wildman–Crippen LogP) is 1.63. The largest absolute Gasteiger partial charge is 0.484 e. The lowest BCUT2D eigenvalue weighted by atomic mass is 10.1. The van der Waals surface area contributed by atoms with Gasteiger partial charge in [0.05, 0.1) is 0 Å². The quantitative estimate of drug-likeness (QED) is 0.837. The third-order valence-corrected chi connectivity index (χ3v) is 2.34. The maximum atomic E-state index is 11.9. The number of rotatable bonds is 6. The molecule has 7 heteroatoms. The Morgan fingerprint density at radius 3 is 2.45 bits per heavy atom. The van der Waals surface area contributed by atoms with Gasteiger partial charge in [-0.1, -0.05) is 12.1 Å². The molecule has 0 spiro atoms. The molecule has 1 unspecified atom stereocenters. The van der Waals surface area contributed by atoms with E-state index in [0.29, 0.717) is 12.2 Å². The molecule has 0 aliphatic rings. The molecule has 0 heterocycles. The minimum Gasteiger partial charge on any atom is -0.484 e. The van der Waals surface area contributed by atoms with Crippen molar-refractivity contribution in [1.29, 1.82) is 0 Å².